The molecule has 11 nitrogen and oxygen atoms in total. The number of rotatable bonds is 10. The number of nitrogens with one attached hydrogen (secondary N) is 2. The highest BCUT2D eigenvalue weighted by atomic mass is 32.1. The number of aromatic amines is 1. The number of hydrogen-bond acceptors (Lipinski definition) is 9. The minimum absolute atomic E-state index is 0.104. The van der Waals surface area contributed by atoms with Crippen LogP contribution in [0, 0.1) is 4.64 Å². The number of benzene rings is 1. The highest BCUT2D eigenvalue weighted by Crippen LogP contribution is 2.45. The number of aliphatic hydroxyl groups excluding tert-OH is 1. The van der Waals surface area contributed by atoms with E-state index in [1.54, 1.807) is 44.2 Å². The summed E-state index contributed by atoms with van der Waals surface area (Å²) in [7, 11) is -4.11. The third-order valence-corrected chi connectivity index (χ3v) is 6.68. The van der Waals surface area contributed by atoms with E-state index in [2.05, 4.69) is 10.1 Å². The molecule has 5 atom stereocenters. The van der Waals surface area contributed by atoms with Gasteiger partial charge < -0.3 is 19.1 Å². The quantitative estimate of drug-likeness (QED) is 0.247. The fraction of sp³-hybridized carbons (Fsp3) is 0.476. The summed E-state index contributed by atoms with van der Waals surface area (Å²) < 4.78 is 37.1. The Morgan fingerprint density at radius 1 is 1.32 bits per heavy atom. The third kappa shape index (κ3) is 7.08. The molecule has 0 spiro atoms. The summed E-state index contributed by atoms with van der Waals surface area (Å²) in [4.78, 5) is 26.9. The van der Waals surface area contributed by atoms with Gasteiger partial charge in [-0.15, -0.1) is 0 Å². The van der Waals surface area contributed by atoms with Crippen LogP contribution in [0.3, 0.4) is 0 Å². The Morgan fingerprint density at radius 2 is 2.03 bits per heavy atom. The number of ether oxygens (including phenoxy) is 2. The van der Waals surface area contributed by atoms with Crippen LogP contribution in [-0.4, -0.2) is 51.6 Å². The van der Waals surface area contributed by atoms with Crippen LogP contribution in [0.25, 0.3) is 0 Å². The molecule has 13 heteroatoms. The van der Waals surface area contributed by atoms with Gasteiger partial charge in [-0.3, -0.25) is 18.9 Å². The number of aliphatic hydroxyl groups is 1. The monoisotopic (exact) mass is 513 g/mol. The van der Waals surface area contributed by atoms with Crippen LogP contribution < -0.4 is 15.3 Å². The molecule has 1 aliphatic heterocycles. The number of nitrogens with zero attached hydrogens (tertiary/aromatic N) is 1. The van der Waals surface area contributed by atoms with Crippen molar-refractivity contribution in [2.24, 2.45) is 0 Å². The van der Waals surface area contributed by atoms with E-state index in [4.69, 9.17) is 30.7 Å². The lowest BCUT2D eigenvalue weighted by atomic mass is 10.2. The number of carbonyl (C=O) groups excluding carboxylic acids is 1. The molecule has 1 fully saturated rings. The van der Waals surface area contributed by atoms with Crippen molar-refractivity contribution in [1.29, 1.82) is 0 Å². The van der Waals surface area contributed by atoms with Crippen LogP contribution in [0.4, 0.5) is 0 Å². The van der Waals surface area contributed by atoms with Gasteiger partial charge in [-0.05, 0) is 39.0 Å². The molecule has 186 valence electrons. The summed E-state index contributed by atoms with van der Waals surface area (Å²) in [6, 6.07) is 8.82. The second-order valence-corrected chi connectivity index (χ2v) is 10.1. The molecule has 1 aliphatic rings. The minimum atomic E-state index is -4.11. The number of esters is 1. The normalized spacial score (nSPS) is 22.8. The van der Waals surface area contributed by atoms with E-state index in [0.29, 0.717) is 0 Å². The Bertz CT molecular complexity index is 1140. The summed E-state index contributed by atoms with van der Waals surface area (Å²) >= 11 is 4.93. The maximum absolute atomic E-state index is 13.5. The zero-order valence-corrected chi connectivity index (χ0v) is 20.7. The summed E-state index contributed by atoms with van der Waals surface area (Å²) in [6.45, 7) is 4.53. The van der Waals surface area contributed by atoms with E-state index in [1.807, 2.05) is 0 Å². The standard InChI is InChI=1S/C21H28N3O8PS/c1-13(2)30-20(26)14(3)23-33(28,32-15-7-5-4-6-8-15)29-12-17-16(25)11-19(31-17)24-10-9-18(34)22-21(24)27/h4-10,13-14,16-17,19,25H,11-12H2,1-3H3,(H,23,28)(H,22,27,34)/t14-,16+,17+,19+,33?/m0/s1. The predicted molar refractivity (Wildman–Crippen MR) is 125 cm³/mol. The van der Waals surface area contributed by atoms with Crippen LogP contribution in [0.2, 0.25) is 0 Å². The van der Waals surface area contributed by atoms with E-state index in [1.165, 1.54) is 23.8 Å². The van der Waals surface area contributed by atoms with Crippen molar-refractivity contribution in [1.82, 2.24) is 14.6 Å². The molecule has 0 aliphatic carbocycles. The Morgan fingerprint density at radius 3 is 2.68 bits per heavy atom. The first kappa shape index (κ1) is 26.3. The van der Waals surface area contributed by atoms with Crippen LogP contribution in [-0.2, 0) is 23.4 Å². The van der Waals surface area contributed by atoms with Crippen molar-refractivity contribution in [2.75, 3.05) is 6.61 Å². The predicted octanol–water partition coefficient (Wildman–Crippen LogP) is 2.69. The highest BCUT2D eigenvalue weighted by molar-refractivity contribution is 7.71. The SMILES string of the molecule is CC(C)OC(=O)[C@H](C)NP(=O)(OC[C@H]1O[C@@H](n2ccc(=S)[nH]c2=O)C[C@H]1O)Oc1ccccc1. The van der Waals surface area contributed by atoms with Crippen molar-refractivity contribution in [3.05, 3.63) is 57.7 Å². The average molecular weight is 514 g/mol. The van der Waals surface area contributed by atoms with Crippen LogP contribution in [0.1, 0.15) is 33.4 Å². The number of carbonyl (C=O) groups is 1. The molecular formula is C21H28N3O8PS. The van der Waals surface area contributed by atoms with E-state index in [0.717, 1.165) is 0 Å². The second kappa shape index (κ2) is 11.4. The van der Waals surface area contributed by atoms with Gasteiger partial charge in [0.15, 0.2) is 0 Å². The van der Waals surface area contributed by atoms with Gasteiger partial charge in [0.1, 0.15) is 28.8 Å². The molecule has 0 radical (unpaired) electrons. The average Bonchev–Trinajstić information content (AvgIpc) is 3.12. The van der Waals surface area contributed by atoms with Gasteiger partial charge in [-0.1, -0.05) is 30.4 Å². The van der Waals surface area contributed by atoms with Gasteiger partial charge in [0.2, 0.25) is 0 Å². The molecule has 0 bridgehead atoms. The summed E-state index contributed by atoms with van der Waals surface area (Å²) in [5.41, 5.74) is -0.483. The van der Waals surface area contributed by atoms with Gasteiger partial charge in [0, 0.05) is 12.6 Å². The molecule has 1 saturated heterocycles. The zero-order valence-electron chi connectivity index (χ0n) is 19.0. The molecule has 0 saturated carbocycles. The van der Waals surface area contributed by atoms with Gasteiger partial charge in [0.25, 0.3) is 0 Å². The van der Waals surface area contributed by atoms with Gasteiger partial charge in [-0.2, -0.15) is 5.09 Å². The zero-order chi connectivity index (χ0) is 24.9. The fourth-order valence-corrected chi connectivity index (χ4v) is 4.85. The molecule has 1 aromatic heterocycles. The number of H-pyrrole nitrogens is 1. The Balaban J connectivity index is 1.71. The van der Waals surface area contributed by atoms with Crippen molar-refractivity contribution < 1.29 is 33.0 Å². The maximum Gasteiger partial charge on any atom is 0.459 e. The van der Waals surface area contributed by atoms with Gasteiger partial charge >= 0.3 is 19.4 Å². The number of hydrogen-bond donors (Lipinski definition) is 3. The smallest absolute Gasteiger partial charge is 0.459 e. The second-order valence-electron chi connectivity index (χ2n) is 7.98. The molecule has 34 heavy (non-hydrogen) atoms. The van der Waals surface area contributed by atoms with E-state index in [9.17, 15) is 19.3 Å². The topological polar surface area (TPSA) is 141 Å². The maximum atomic E-state index is 13.5. The summed E-state index contributed by atoms with van der Waals surface area (Å²) in [6.07, 6.45) is -1.48. The number of para-hydroxylation sites is 1. The van der Waals surface area contributed by atoms with Crippen LogP contribution in [0.15, 0.2) is 47.4 Å². The first-order valence-corrected chi connectivity index (χ1v) is 12.6. The molecule has 3 rings (SSSR count). The van der Waals surface area contributed by atoms with Crippen molar-refractivity contribution in [2.45, 2.75) is 57.8 Å². The largest absolute Gasteiger partial charge is 0.462 e. The molecule has 0 amide bonds. The van der Waals surface area contributed by atoms with Crippen molar-refractivity contribution >= 4 is 25.9 Å². The first-order chi connectivity index (χ1) is 16.1. The lowest BCUT2D eigenvalue weighted by molar-refractivity contribution is -0.149. The third-order valence-electron chi connectivity index (χ3n) is 4.80. The van der Waals surface area contributed by atoms with E-state index < -0.39 is 43.9 Å². The van der Waals surface area contributed by atoms with E-state index >= 15 is 0 Å². The van der Waals surface area contributed by atoms with Gasteiger partial charge in [0.05, 0.1) is 18.8 Å². The molecular weight excluding hydrogens is 485 g/mol. The lowest BCUT2D eigenvalue weighted by Crippen LogP contribution is -2.37. The van der Waals surface area contributed by atoms with Crippen molar-refractivity contribution in [3.63, 3.8) is 0 Å². The molecule has 1 unspecified atom stereocenters. The minimum Gasteiger partial charge on any atom is -0.462 e. The molecule has 3 N–H and O–H groups in total. The lowest BCUT2D eigenvalue weighted by Gasteiger charge is -2.25. The summed E-state index contributed by atoms with van der Waals surface area (Å²) in [5.74, 6) is -0.381. The van der Waals surface area contributed by atoms with Gasteiger partial charge in [-0.25, -0.2) is 9.36 Å². The van der Waals surface area contributed by atoms with Crippen molar-refractivity contribution in [3.8, 4) is 5.75 Å². The Labute approximate surface area is 201 Å². The molecule has 2 aromatic rings. The Hall–Kier alpha value is -2.34. The van der Waals surface area contributed by atoms with Crippen LogP contribution >= 0.6 is 20.0 Å². The fourth-order valence-electron chi connectivity index (χ4n) is 3.20. The number of aromatic nitrogens is 2. The molecule has 1 aromatic carbocycles. The highest BCUT2D eigenvalue weighted by Gasteiger charge is 2.39. The first-order valence-electron chi connectivity index (χ1n) is 10.7. The van der Waals surface area contributed by atoms with E-state index in [-0.39, 0.29) is 29.5 Å². The molecule has 2 heterocycles. The Kier molecular flexibility index (Phi) is 8.80. The summed E-state index contributed by atoms with van der Waals surface area (Å²) in [5, 5.41) is 13.0. The van der Waals surface area contributed by atoms with Crippen LogP contribution in [0.5, 0.6) is 5.75 Å².